The summed E-state index contributed by atoms with van der Waals surface area (Å²) in [4.78, 5) is 21.7. The van der Waals surface area contributed by atoms with Crippen molar-refractivity contribution in [1.29, 1.82) is 0 Å². The molecule has 0 spiro atoms. The monoisotopic (exact) mass is 406 g/mol. The van der Waals surface area contributed by atoms with E-state index in [1.54, 1.807) is 48.5 Å². The van der Waals surface area contributed by atoms with Gasteiger partial charge in [0, 0.05) is 0 Å². The lowest BCUT2D eigenvalue weighted by Crippen LogP contribution is -2.37. The first-order chi connectivity index (χ1) is 12.8. The minimum absolute atomic E-state index is 0.322. The molecule has 154 valence electrons. The summed E-state index contributed by atoms with van der Waals surface area (Å²) < 4.78 is 0. The fourth-order valence-corrected chi connectivity index (χ4v) is 1.16. The SMILES string of the molecule is OCC(CO)(CO)CO.OP(O)O.Oc1ccccc1.Oc1ccccc1. The van der Waals surface area contributed by atoms with Crippen LogP contribution in [0.1, 0.15) is 0 Å². The van der Waals surface area contributed by atoms with E-state index in [9.17, 15) is 0 Å². The molecule has 0 saturated heterocycles. The maximum Gasteiger partial charge on any atom is 0.324 e. The largest absolute Gasteiger partial charge is 0.508 e. The predicted molar refractivity (Wildman–Crippen MR) is 101 cm³/mol. The summed E-state index contributed by atoms with van der Waals surface area (Å²) in [5.41, 5.74) is -1.11. The van der Waals surface area contributed by atoms with Crippen LogP contribution in [0.4, 0.5) is 0 Å². The molecule has 2 aromatic carbocycles. The third-order valence-corrected chi connectivity index (χ3v) is 2.85. The summed E-state index contributed by atoms with van der Waals surface area (Å²) in [5, 5.41) is 51.3. The van der Waals surface area contributed by atoms with Crippen LogP contribution in [-0.4, -0.2) is 71.7 Å². The van der Waals surface area contributed by atoms with Crippen molar-refractivity contribution >= 4 is 8.60 Å². The third-order valence-electron chi connectivity index (χ3n) is 2.85. The molecule has 0 heterocycles. The number of aromatic hydroxyl groups is 2. The van der Waals surface area contributed by atoms with Crippen molar-refractivity contribution in [3.05, 3.63) is 60.7 Å². The highest BCUT2D eigenvalue weighted by Crippen LogP contribution is 2.12. The Hall–Kier alpha value is -1.81. The molecule has 0 saturated carbocycles. The lowest BCUT2D eigenvalue weighted by molar-refractivity contribution is -0.0328. The lowest BCUT2D eigenvalue weighted by atomic mass is 9.93. The van der Waals surface area contributed by atoms with Gasteiger partial charge >= 0.3 is 8.60 Å². The second kappa shape index (κ2) is 17.6. The molecule has 0 amide bonds. The van der Waals surface area contributed by atoms with Gasteiger partial charge in [-0.05, 0) is 24.3 Å². The van der Waals surface area contributed by atoms with Crippen LogP contribution in [0.2, 0.25) is 0 Å². The molecule has 0 aliphatic carbocycles. The van der Waals surface area contributed by atoms with Crippen molar-refractivity contribution in [2.75, 3.05) is 26.4 Å². The standard InChI is InChI=1S/2C6H6O.C5H12O4.H3O3P/c2*7-6-4-2-1-3-5-6;6-1-5(2-7,3-8)4-9;1-4(2)3/h2*1-5,7H;6-9H,1-4H2;1-3H. The van der Waals surface area contributed by atoms with Gasteiger partial charge < -0.3 is 45.3 Å². The molecular weight excluding hydrogens is 379 g/mol. The average Bonchev–Trinajstić information content (AvgIpc) is 2.66. The van der Waals surface area contributed by atoms with Gasteiger partial charge in [-0.15, -0.1) is 0 Å². The number of rotatable bonds is 4. The zero-order valence-corrected chi connectivity index (χ0v) is 15.5. The van der Waals surface area contributed by atoms with Crippen molar-refractivity contribution in [2.45, 2.75) is 0 Å². The maximum absolute atomic E-state index is 8.63. The predicted octanol–water partition coefficient (Wildman–Crippen LogP) is -0.0834. The van der Waals surface area contributed by atoms with Gasteiger partial charge in [-0.1, -0.05) is 36.4 Å². The van der Waals surface area contributed by atoms with Gasteiger partial charge in [0.15, 0.2) is 0 Å². The maximum atomic E-state index is 8.63. The number of hydrogen-bond acceptors (Lipinski definition) is 9. The minimum Gasteiger partial charge on any atom is -0.508 e. The van der Waals surface area contributed by atoms with Crippen LogP contribution < -0.4 is 0 Å². The van der Waals surface area contributed by atoms with Crippen LogP contribution in [0, 0.1) is 5.41 Å². The number of phenolic OH excluding ortho intramolecular Hbond substituents is 2. The summed E-state index contributed by atoms with van der Waals surface area (Å²) in [6.07, 6.45) is 0. The minimum atomic E-state index is -2.62. The second-order valence-electron chi connectivity index (χ2n) is 5.07. The fourth-order valence-electron chi connectivity index (χ4n) is 1.16. The molecule has 9 nitrogen and oxygen atoms in total. The molecule has 9 N–H and O–H groups in total. The third kappa shape index (κ3) is 17.4. The van der Waals surface area contributed by atoms with Crippen LogP contribution in [0.5, 0.6) is 11.5 Å². The van der Waals surface area contributed by atoms with E-state index in [0.717, 1.165) is 0 Å². The number of phenols is 2. The summed E-state index contributed by atoms with van der Waals surface area (Å²) in [7, 11) is -2.62. The first-order valence-corrected chi connectivity index (χ1v) is 8.75. The Balaban J connectivity index is 0. The Labute approximate surface area is 158 Å². The number of aliphatic hydroxyl groups is 4. The molecule has 0 fully saturated rings. The molecule has 0 unspecified atom stereocenters. The highest BCUT2D eigenvalue weighted by Gasteiger charge is 2.26. The number of para-hydroxylation sites is 2. The summed E-state index contributed by atoms with van der Waals surface area (Å²) >= 11 is 0. The molecule has 0 atom stereocenters. The fraction of sp³-hybridized carbons (Fsp3) is 0.294. The zero-order chi connectivity index (χ0) is 21.1. The van der Waals surface area contributed by atoms with Gasteiger partial charge in [-0.2, -0.15) is 0 Å². The molecule has 0 aliphatic heterocycles. The Morgan fingerprint density at radius 2 is 0.778 bits per heavy atom. The van der Waals surface area contributed by atoms with Gasteiger partial charge in [0.25, 0.3) is 0 Å². The topological polar surface area (TPSA) is 182 Å². The van der Waals surface area contributed by atoms with Crippen molar-refractivity contribution in [2.24, 2.45) is 5.41 Å². The molecule has 2 rings (SSSR count). The average molecular weight is 406 g/mol. The first kappa shape index (κ1) is 27.4. The second-order valence-corrected chi connectivity index (χ2v) is 5.61. The van der Waals surface area contributed by atoms with Gasteiger partial charge in [0.1, 0.15) is 11.5 Å². The molecule has 0 radical (unpaired) electrons. The first-order valence-electron chi connectivity index (χ1n) is 7.55. The highest BCUT2D eigenvalue weighted by molar-refractivity contribution is 7.38. The van der Waals surface area contributed by atoms with E-state index in [1.807, 2.05) is 12.1 Å². The van der Waals surface area contributed by atoms with E-state index in [4.69, 9.17) is 45.3 Å². The number of benzene rings is 2. The van der Waals surface area contributed by atoms with Crippen molar-refractivity contribution in [3.63, 3.8) is 0 Å². The van der Waals surface area contributed by atoms with Gasteiger partial charge in [-0.25, -0.2) is 0 Å². The van der Waals surface area contributed by atoms with E-state index < -0.39 is 40.4 Å². The molecular formula is C17H27O9P. The summed E-state index contributed by atoms with van der Waals surface area (Å²) in [6, 6.07) is 17.4. The molecule has 2 aromatic rings. The van der Waals surface area contributed by atoms with Crippen LogP contribution in [0.3, 0.4) is 0 Å². The van der Waals surface area contributed by atoms with E-state index in [-0.39, 0.29) is 0 Å². The van der Waals surface area contributed by atoms with E-state index in [1.165, 1.54) is 0 Å². The smallest absolute Gasteiger partial charge is 0.324 e. The van der Waals surface area contributed by atoms with Crippen molar-refractivity contribution in [3.8, 4) is 11.5 Å². The zero-order valence-electron chi connectivity index (χ0n) is 14.6. The quantitative estimate of drug-likeness (QED) is 0.314. The van der Waals surface area contributed by atoms with Gasteiger partial charge in [0.2, 0.25) is 0 Å². The van der Waals surface area contributed by atoms with Crippen molar-refractivity contribution in [1.82, 2.24) is 0 Å². The van der Waals surface area contributed by atoms with Crippen LogP contribution in [0.15, 0.2) is 60.7 Å². The molecule has 27 heavy (non-hydrogen) atoms. The molecule has 10 heteroatoms. The summed E-state index contributed by atoms with van der Waals surface area (Å²) in [6.45, 7) is -1.62. The van der Waals surface area contributed by atoms with Crippen molar-refractivity contribution < 1.29 is 45.3 Å². The van der Waals surface area contributed by atoms with Crippen LogP contribution >= 0.6 is 8.60 Å². The van der Waals surface area contributed by atoms with E-state index >= 15 is 0 Å². The Kier molecular flexibility index (Phi) is 17.9. The van der Waals surface area contributed by atoms with Gasteiger partial charge in [0.05, 0.1) is 31.8 Å². The van der Waals surface area contributed by atoms with E-state index in [2.05, 4.69) is 0 Å². The molecule has 0 bridgehead atoms. The Bertz CT molecular complexity index is 479. The highest BCUT2D eigenvalue weighted by atomic mass is 31.2. The van der Waals surface area contributed by atoms with Crippen LogP contribution in [-0.2, 0) is 0 Å². The van der Waals surface area contributed by atoms with Crippen LogP contribution in [0.25, 0.3) is 0 Å². The molecule has 0 aromatic heterocycles. The normalized spacial score (nSPS) is 9.78. The Morgan fingerprint density at radius 1 is 0.556 bits per heavy atom. The van der Waals surface area contributed by atoms with E-state index in [0.29, 0.717) is 11.5 Å². The summed E-state index contributed by atoms with van der Waals surface area (Å²) in [5.74, 6) is 0.644. The lowest BCUT2D eigenvalue weighted by Gasteiger charge is -2.23. The molecule has 0 aliphatic rings. The number of aliphatic hydroxyl groups excluding tert-OH is 4. The van der Waals surface area contributed by atoms with Gasteiger partial charge in [-0.3, -0.25) is 0 Å². The number of hydrogen-bond donors (Lipinski definition) is 9. The Morgan fingerprint density at radius 3 is 0.852 bits per heavy atom.